The number of amides is 1. The van der Waals surface area contributed by atoms with E-state index in [0.717, 1.165) is 11.6 Å². The first-order valence-corrected chi connectivity index (χ1v) is 8.20. The van der Waals surface area contributed by atoms with E-state index in [1.54, 1.807) is 31.3 Å². The maximum Gasteiger partial charge on any atom is 0.331 e. The number of hydrogen-bond donors (Lipinski definition) is 0. The van der Waals surface area contributed by atoms with Crippen LogP contribution in [-0.4, -0.2) is 35.4 Å². The molecule has 0 spiro atoms. The number of carbonyl (C=O) groups is 2. The van der Waals surface area contributed by atoms with Crippen LogP contribution < -0.4 is 0 Å². The summed E-state index contributed by atoms with van der Waals surface area (Å²) < 4.78 is 23.3. The molecule has 7 heteroatoms. The number of ether oxygens (including phenoxy) is 1. The maximum absolute atomic E-state index is 12.9. The minimum absolute atomic E-state index is 0.271. The molecule has 0 aliphatic rings. The summed E-state index contributed by atoms with van der Waals surface area (Å²) in [6.45, 7) is -0.107. The highest BCUT2D eigenvalue weighted by molar-refractivity contribution is 5.89. The standard InChI is InChI=1S/C20H17FN2O4/c1-23(12-14-6-8-15(21)9-7-14)19(24)13-26-20(25)11-10-18-22-16-4-2-3-5-17(16)27-18/h2-11H,12-13H2,1H3/b11-10+. The SMILES string of the molecule is CN(Cc1ccc(F)cc1)C(=O)COC(=O)/C=C/c1nc2ccccc2o1. The Morgan fingerprint density at radius 3 is 2.67 bits per heavy atom. The van der Waals surface area contributed by atoms with E-state index < -0.39 is 12.6 Å². The molecule has 3 aromatic rings. The van der Waals surface area contributed by atoms with Crippen LogP contribution in [0.1, 0.15) is 11.5 Å². The van der Waals surface area contributed by atoms with Crippen LogP contribution in [0.3, 0.4) is 0 Å². The first-order chi connectivity index (χ1) is 13.0. The molecule has 3 rings (SSSR count). The third-order valence-corrected chi connectivity index (χ3v) is 3.77. The number of likely N-dealkylation sites (N-methyl/N-ethyl adjacent to an activating group) is 1. The Hall–Kier alpha value is -3.48. The fourth-order valence-electron chi connectivity index (χ4n) is 2.34. The van der Waals surface area contributed by atoms with Crippen LogP contribution in [0, 0.1) is 5.82 Å². The van der Waals surface area contributed by atoms with Gasteiger partial charge in [-0.05, 0) is 29.8 Å². The van der Waals surface area contributed by atoms with Crippen LogP contribution in [0.25, 0.3) is 17.2 Å². The molecule has 27 heavy (non-hydrogen) atoms. The molecule has 1 amide bonds. The Kier molecular flexibility index (Phi) is 5.61. The van der Waals surface area contributed by atoms with Crippen LogP contribution in [0.2, 0.25) is 0 Å². The topological polar surface area (TPSA) is 72.6 Å². The second-order valence-electron chi connectivity index (χ2n) is 5.84. The van der Waals surface area contributed by atoms with Gasteiger partial charge in [-0.15, -0.1) is 0 Å². The van der Waals surface area contributed by atoms with E-state index in [0.29, 0.717) is 11.1 Å². The molecule has 2 aromatic carbocycles. The minimum Gasteiger partial charge on any atom is -0.452 e. The molecule has 0 radical (unpaired) electrons. The molecule has 138 valence electrons. The summed E-state index contributed by atoms with van der Waals surface area (Å²) in [5.41, 5.74) is 2.07. The molecule has 0 aliphatic heterocycles. The van der Waals surface area contributed by atoms with Gasteiger partial charge in [0.1, 0.15) is 11.3 Å². The monoisotopic (exact) mass is 368 g/mol. The van der Waals surface area contributed by atoms with E-state index in [1.807, 2.05) is 12.1 Å². The van der Waals surface area contributed by atoms with Crippen molar-refractivity contribution in [3.05, 3.63) is 71.9 Å². The third kappa shape index (κ3) is 5.01. The molecule has 0 atom stereocenters. The number of benzene rings is 2. The van der Waals surface area contributed by atoms with Crippen molar-refractivity contribution in [2.45, 2.75) is 6.54 Å². The maximum atomic E-state index is 12.9. The largest absolute Gasteiger partial charge is 0.452 e. The van der Waals surface area contributed by atoms with Gasteiger partial charge >= 0.3 is 5.97 Å². The van der Waals surface area contributed by atoms with E-state index in [-0.39, 0.29) is 24.2 Å². The van der Waals surface area contributed by atoms with Crippen molar-refractivity contribution in [2.75, 3.05) is 13.7 Å². The zero-order valence-corrected chi connectivity index (χ0v) is 14.6. The Labute approximate surface area is 154 Å². The molecule has 0 aliphatic carbocycles. The Morgan fingerprint density at radius 1 is 1.19 bits per heavy atom. The van der Waals surface area contributed by atoms with E-state index in [4.69, 9.17) is 9.15 Å². The molecule has 0 bridgehead atoms. The van der Waals surface area contributed by atoms with Gasteiger partial charge in [-0.3, -0.25) is 4.79 Å². The zero-order valence-electron chi connectivity index (χ0n) is 14.6. The summed E-state index contributed by atoms with van der Waals surface area (Å²) in [6, 6.07) is 13.1. The van der Waals surface area contributed by atoms with E-state index >= 15 is 0 Å². The number of carbonyl (C=O) groups excluding carboxylic acids is 2. The van der Waals surface area contributed by atoms with Crippen molar-refractivity contribution in [1.29, 1.82) is 0 Å². The summed E-state index contributed by atoms with van der Waals surface area (Å²) in [5, 5.41) is 0. The first-order valence-electron chi connectivity index (χ1n) is 8.20. The second-order valence-corrected chi connectivity index (χ2v) is 5.84. The van der Waals surface area contributed by atoms with Crippen LogP contribution in [0.5, 0.6) is 0 Å². The number of esters is 1. The lowest BCUT2D eigenvalue weighted by Gasteiger charge is -2.16. The van der Waals surface area contributed by atoms with Crippen LogP contribution in [0.4, 0.5) is 4.39 Å². The Morgan fingerprint density at radius 2 is 1.93 bits per heavy atom. The van der Waals surface area contributed by atoms with Gasteiger partial charge < -0.3 is 14.1 Å². The van der Waals surface area contributed by atoms with Crippen molar-refractivity contribution in [2.24, 2.45) is 0 Å². The zero-order chi connectivity index (χ0) is 19.2. The Bertz CT molecular complexity index is 946. The number of nitrogens with zero attached hydrogens (tertiary/aromatic N) is 2. The smallest absolute Gasteiger partial charge is 0.331 e. The molecule has 0 N–H and O–H groups in total. The number of para-hydroxylation sites is 2. The van der Waals surface area contributed by atoms with Gasteiger partial charge in [-0.25, -0.2) is 14.2 Å². The van der Waals surface area contributed by atoms with E-state index in [1.165, 1.54) is 23.1 Å². The molecule has 1 aromatic heterocycles. The molecule has 1 heterocycles. The predicted molar refractivity (Wildman–Crippen MR) is 96.9 cm³/mol. The van der Waals surface area contributed by atoms with Crippen molar-refractivity contribution >= 4 is 29.1 Å². The van der Waals surface area contributed by atoms with Crippen LogP contribution in [-0.2, 0) is 20.9 Å². The lowest BCUT2D eigenvalue weighted by molar-refractivity contribution is -0.147. The molecular formula is C20H17FN2O4. The highest BCUT2D eigenvalue weighted by atomic mass is 19.1. The van der Waals surface area contributed by atoms with Crippen LogP contribution in [0.15, 0.2) is 59.0 Å². The van der Waals surface area contributed by atoms with Gasteiger partial charge in [0, 0.05) is 25.7 Å². The number of oxazole rings is 1. The molecule has 0 unspecified atom stereocenters. The summed E-state index contributed by atoms with van der Waals surface area (Å²) in [4.78, 5) is 29.4. The minimum atomic E-state index is -0.680. The van der Waals surface area contributed by atoms with E-state index in [9.17, 15) is 14.0 Å². The normalized spacial score (nSPS) is 11.0. The lowest BCUT2D eigenvalue weighted by Crippen LogP contribution is -2.30. The van der Waals surface area contributed by atoms with Crippen molar-refractivity contribution < 1.29 is 23.1 Å². The van der Waals surface area contributed by atoms with Gasteiger partial charge in [0.2, 0.25) is 5.89 Å². The Balaban J connectivity index is 1.48. The molecule has 6 nitrogen and oxygen atoms in total. The average Bonchev–Trinajstić information content (AvgIpc) is 3.09. The van der Waals surface area contributed by atoms with Gasteiger partial charge in [0.15, 0.2) is 12.2 Å². The number of hydrogen-bond acceptors (Lipinski definition) is 5. The van der Waals surface area contributed by atoms with Gasteiger partial charge in [0.05, 0.1) is 0 Å². The molecule has 0 fully saturated rings. The summed E-state index contributed by atoms with van der Waals surface area (Å²) >= 11 is 0. The van der Waals surface area contributed by atoms with Gasteiger partial charge in [0.25, 0.3) is 5.91 Å². The lowest BCUT2D eigenvalue weighted by atomic mass is 10.2. The summed E-state index contributed by atoms with van der Waals surface area (Å²) in [7, 11) is 1.58. The molecule has 0 saturated heterocycles. The number of fused-ring (bicyclic) bond motifs is 1. The van der Waals surface area contributed by atoms with Crippen molar-refractivity contribution in [3.8, 4) is 0 Å². The fraction of sp³-hybridized carbons (Fsp3) is 0.150. The van der Waals surface area contributed by atoms with Crippen molar-refractivity contribution in [3.63, 3.8) is 0 Å². The van der Waals surface area contributed by atoms with Crippen LogP contribution >= 0.6 is 0 Å². The average molecular weight is 368 g/mol. The number of halogens is 1. The predicted octanol–water partition coefficient (Wildman–Crippen LogP) is 3.18. The molecule has 0 saturated carbocycles. The number of rotatable bonds is 6. The van der Waals surface area contributed by atoms with Gasteiger partial charge in [-0.2, -0.15) is 0 Å². The highest BCUT2D eigenvalue weighted by Crippen LogP contribution is 2.15. The summed E-state index contributed by atoms with van der Waals surface area (Å²) in [5.74, 6) is -1.12. The quantitative estimate of drug-likeness (QED) is 0.494. The van der Waals surface area contributed by atoms with Gasteiger partial charge in [-0.1, -0.05) is 24.3 Å². The number of aromatic nitrogens is 1. The molecular weight excluding hydrogens is 351 g/mol. The first kappa shape index (κ1) is 18.3. The second kappa shape index (κ2) is 8.27. The fourth-order valence-corrected chi connectivity index (χ4v) is 2.34. The van der Waals surface area contributed by atoms with E-state index in [2.05, 4.69) is 4.98 Å². The van der Waals surface area contributed by atoms with Crippen molar-refractivity contribution in [1.82, 2.24) is 9.88 Å². The third-order valence-electron chi connectivity index (χ3n) is 3.77. The highest BCUT2D eigenvalue weighted by Gasteiger charge is 2.12. The summed E-state index contributed by atoms with van der Waals surface area (Å²) in [6.07, 6.45) is 2.53.